The van der Waals surface area contributed by atoms with Crippen LogP contribution in [-0.4, -0.2) is 88.4 Å². The SMILES string of the molecule is CO[C@H]1[C@@H](NC(=O)C(F)(F)F)C[C@H](O[C@H]2C[C@](O)(C(C)OC(=O)Nc3ccccc3)Cc3c(O)c4c(c(O)c32)C(=O)c2ccccc2C4=O)O[C@H]1C. The number of aliphatic hydroxyl groups is 1. The predicted octanol–water partition coefficient (Wildman–Crippen LogP) is 4.44. The summed E-state index contributed by atoms with van der Waals surface area (Å²) in [6.45, 7) is 2.85. The summed E-state index contributed by atoms with van der Waals surface area (Å²) in [4.78, 5) is 52.2. The number of alkyl halides is 3. The molecule has 2 amide bonds. The van der Waals surface area contributed by atoms with E-state index in [-0.39, 0.29) is 22.3 Å². The summed E-state index contributed by atoms with van der Waals surface area (Å²) in [6.07, 6.45) is -13.7. The average Bonchev–Trinajstić information content (AvgIpc) is 3.08. The van der Waals surface area contributed by atoms with E-state index in [1.807, 2.05) is 5.32 Å². The number of aromatic hydroxyl groups is 2. The van der Waals surface area contributed by atoms with E-state index in [9.17, 15) is 47.7 Å². The van der Waals surface area contributed by atoms with Crippen molar-refractivity contribution in [3.05, 3.63) is 88.0 Å². The van der Waals surface area contributed by atoms with Crippen molar-refractivity contribution < 1.29 is 66.6 Å². The number of fused-ring (bicyclic) bond motifs is 3. The van der Waals surface area contributed by atoms with E-state index in [1.165, 1.54) is 45.2 Å². The van der Waals surface area contributed by atoms with Crippen LogP contribution in [0.2, 0.25) is 0 Å². The van der Waals surface area contributed by atoms with E-state index in [2.05, 4.69) is 5.32 Å². The van der Waals surface area contributed by atoms with Gasteiger partial charge in [-0.3, -0.25) is 19.7 Å². The number of rotatable bonds is 7. The quantitative estimate of drug-likeness (QED) is 0.169. The molecule has 6 rings (SSSR count). The molecule has 5 N–H and O–H groups in total. The van der Waals surface area contributed by atoms with E-state index < -0.39 is 114 Å². The maximum Gasteiger partial charge on any atom is 0.471 e. The van der Waals surface area contributed by atoms with Gasteiger partial charge in [0, 0.05) is 54.3 Å². The number of halogens is 3. The zero-order chi connectivity index (χ0) is 37.7. The van der Waals surface area contributed by atoms with E-state index in [1.54, 1.807) is 30.3 Å². The number of para-hydroxylation sites is 1. The summed E-state index contributed by atoms with van der Waals surface area (Å²) in [6, 6.07) is 12.8. The third-order valence-corrected chi connectivity index (χ3v) is 9.70. The van der Waals surface area contributed by atoms with Crippen LogP contribution in [0.25, 0.3) is 0 Å². The van der Waals surface area contributed by atoms with Gasteiger partial charge in [-0.15, -0.1) is 0 Å². The summed E-state index contributed by atoms with van der Waals surface area (Å²) >= 11 is 0. The number of amides is 2. The number of methoxy groups -OCH3 is 1. The number of carbonyl (C=O) groups is 4. The van der Waals surface area contributed by atoms with Crippen molar-refractivity contribution in [2.45, 2.75) is 81.6 Å². The third kappa shape index (κ3) is 6.69. The number of ether oxygens (including phenoxy) is 4. The highest BCUT2D eigenvalue weighted by Gasteiger charge is 2.51. The molecular weight excluding hydrogens is 693 g/mol. The van der Waals surface area contributed by atoms with Gasteiger partial charge in [0.1, 0.15) is 29.3 Å². The molecule has 3 aromatic carbocycles. The molecule has 2 aliphatic carbocycles. The highest BCUT2D eigenvalue weighted by molar-refractivity contribution is 6.30. The van der Waals surface area contributed by atoms with E-state index in [0.29, 0.717) is 5.69 Å². The van der Waals surface area contributed by atoms with Crippen molar-refractivity contribution in [2.24, 2.45) is 0 Å². The third-order valence-electron chi connectivity index (χ3n) is 9.70. The monoisotopic (exact) mass is 728 g/mol. The molecule has 0 spiro atoms. The number of phenolic OH excluding ortho intramolecular Hbond substituents is 2. The molecule has 0 bridgehead atoms. The average molecular weight is 729 g/mol. The Balaban J connectivity index is 1.39. The summed E-state index contributed by atoms with van der Waals surface area (Å²) in [7, 11) is 1.23. The van der Waals surface area contributed by atoms with Crippen molar-refractivity contribution in [3.8, 4) is 11.5 Å². The van der Waals surface area contributed by atoms with Gasteiger partial charge in [0.2, 0.25) is 0 Å². The largest absolute Gasteiger partial charge is 0.507 e. The summed E-state index contributed by atoms with van der Waals surface area (Å²) in [5, 5.41) is 40.0. The number of ketones is 2. The first-order chi connectivity index (χ1) is 24.5. The molecule has 276 valence electrons. The minimum atomic E-state index is -5.21. The number of hydrogen-bond donors (Lipinski definition) is 5. The molecule has 1 aliphatic heterocycles. The minimum Gasteiger partial charge on any atom is -0.507 e. The second kappa shape index (κ2) is 13.8. The second-order valence-electron chi connectivity index (χ2n) is 13.0. The topological polar surface area (TPSA) is 190 Å². The number of benzene rings is 3. The number of hydrogen-bond acceptors (Lipinski definition) is 11. The molecule has 1 unspecified atom stereocenters. The maximum atomic E-state index is 13.7. The lowest BCUT2D eigenvalue weighted by atomic mass is 9.71. The van der Waals surface area contributed by atoms with Gasteiger partial charge in [-0.1, -0.05) is 42.5 Å². The molecule has 3 aromatic rings. The van der Waals surface area contributed by atoms with Crippen LogP contribution in [0.15, 0.2) is 54.6 Å². The summed E-state index contributed by atoms with van der Waals surface area (Å²) in [5.41, 5.74) is -3.11. The van der Waals surface area contributed by atoms with Gasteiger partial charge in [0.05, 0.1) is 29.4 Å². The molecule has 1 saturated heterocycles. The first kappa shape index (κ1) is 36.8. The lowest BCUT2D eigenvalue weighted by molar-refractivity contribution is -0.256. The lowest BCUT2D eigenvalue weighted by Gasteiger charge is -2.45. The van der Waals surface area contributed by atoms with Gasteiger partial charge in [0.15, 0.2) is 17.9 Å². The van der Waals surface area contributed by atoms with E-state index in [4.69, 9.17) is 18.9 Å². The van der Waals surface area contributed by atoms with Crippen LogP contribution in [0, 0.1) is 0 Å². The Labute approximate surface area is 294 Å². The normalized spacial score (nSPS) is 26.0. The molecule has 16 heteroatoms. The molecule has 52 heavy (non-hydrogen) atoms. The Morgan fingerprint density at radius 3 is 2.17 bits per heavy atom. The smallest absolute Gasteiger partial charge is 0.471 e. The van der Waals surface area contributed by atoms with Crippen LogP contribution in [-0.2, 0) is 30.2 Å². The van der Waals surface area contributed by atoms with Gasteiger partial charge >= 0.3 is 18.2 Å². The van der Waals surface area contributed by atoms with Crippen LogP contribution in [0.1, 0.15) is 75.8 Å². The van der Waals surface area contributed by atoms with Gasteiger partial charge in [-0.05, 0) is 26.0 Å². The van der Waals surface area contributed by atoms with Crippen LogP contribution in [0.5, 0.6) is 11.5 Å². The van der Waals surface area contributed by atoms with E-state index >= 15 is 0 Å². The number of phenols is 2. The molecule has 1 heterocycles. The van der Waals surface area contributed by atoms with Crippen molar-refractivity contribution in [3.63, 3.8) is 0 Å². The maximum absolute atomic E-state index is 13.7. The van der Waals surface area contributed by atoms with Gasteiger partial charge < -0.3 is 39.6 Å². The zero-order valence-electron chi connectivity index (χ0n) is 28.0. The summed E-state index contributed by atoms with van der Waals surface area (Å²) in [5.74, 6) is -5.20. The Morgan fingerprint density at radius 1 is 0.981 bits per heavy atom. The fourth-order valence-electron chi connectivity index (χ4n) is 7.13. The molecule has 7 atom stereocenters. The second-order valence-corrected chi connectivity index (χ2v) is 13.0. The molecule has 3 aliphatic rings. The highest BCUT2D eigenvalue weighted by atomic mass is 19.4. The molecule has 13 nitrogen and oxygen atoms in total. The van der Waals surface area contributed by atoms with Crippen molar-refractivity contribution in [1.29, 1.82) is 0 Å². The lowest BCUT2D eigenvalue weighted by Crippen LogP contribution is -2.58. The van der Waals surface area contributed by atoms with Gasteiger partial charge in [0.25, 0.3) is 0 Å². The summed E-state index contributed by atoms with van der Waals surface area (Å²) < 4.78 is 62.7. The standard InChI is InChI=1S/C36H35F3N2O11/c1-16-32(49-3)22(41-33(46)36(37,38)39)13-24(50-16)52-23-15-35(48,17(2)51-34(47)40-18-9-5-4-6-10-18)14-21-25(23)31(45)27-26(30(21)44)28(42)19-11-7-8-12-20(19)29(27)43/h4-12,16-17,22-24,32,44-45,48H,13-15H2,1-3H3,(H,40,47)(H,41,46)/t16-,17?,22-,23-,24-,32+,35-/m0/s1. The fourth-order valence-corrected chi connectivity index (χ4v) is 7.13. The molecule has 0 aromatic heterocycles. The van der Waals surface area contributed by atoms with E-state index in [0.717, 1.165) is 0 Å². The van der Waals surface area contributed by atoms with Crippen LogP contribution >= 0.6 is 0 Å². The Hall–Kier alpha value is -5.03. The fraction of sp³-hybridized carbons (Fsp3) is 0.389. The number of nitrogens with one attached hydrogen (secondary N) is 2. The van der Waals surface area contributed by atoms with Crippen LogP contribution < -0.4 is 10.6 Å². The number of carbonyl (C=O) groups excluding carboxylic acids is 4. The molecule has 0 saturated carbocycles. The van der Waals surface area contributed by atoms with Crippen molar-refractivity contribution >= 4 is 29.3 Å². The minimum absolute atomic E-state index is 0.0213. The molecular formula is C36H35F3N2O11. The van der Waals surface area contributed by atoms with Crippen molar-refractivity contribution in [1.82, 2.24) is 5.32 Å². The first-order valence-corrected chi connectivity index (χ1v) is 16.3. The van der Waals surface area contributed by atoms with Crippen LogP contribution in [0.4, 0.5) is 23.7 Å². The van der Waals surface area contributed by atoms with Gasteiger partial charge in [-0.2, -0.15) is 13.2 Å². The Bertz CT molecular complexity index is 1920. The Morgan fingerprint density at radius 2 is 1.58 bits per heavy atom. The van der Waals surface area contributed by atoms with Crippen molar-refractivity contribution in [2.75, 3.05) is 12.4 Å². The zero-order valence-corrected chi connectivity index (χ0v) is 28.0. The predicted molar refractivity (Wildman–Crippen MR) is 174 cm³/mol. The van der Waals surface area contributed by atoms with Crippen LogP contribution in [0.3, 0.4) is 0 Å². The number of anilines is 1. The van der Waals surface area contributed by atoms with Gasteiger partial charge in [-0.25, -0.2) is 4.79 Å². The molecule has 0 radical (unpaired) electrons. The highest BCUT2D eigenvalue weighted by Crippen LogP contribution is 2.52. The first-order valence-electron chi connectivity index (χ1n) is 16.3. The Kier molecular flexibility index (Phi) is 9.78. The molecule has 1 fully saturated rings.